The lowest BCUT2D eigenvalue weighted by molar-refractivity contribution is 0.208. The van der Waals surface area contributed by atoms with Crippen LogP contribution >= 0.6 is 0 Å². The smallest absolute Gasteiger partial charge is 0.0556 e. The molecule has 0 fully saturated rings. The molecule has 0 aromatic rings. The predicted molar refractivity (Wildman–Crippen MR) is 211 cm³/mol. The predicted octanol–water partition coefficient (Wildman–Crippen LogP) is 12.6. The van der Waals surface area contributed by atoms with Crippen LogP contribution in [0.5, 0.6) is 0 Å². The van der Waals surface area contributed by atoms with Gasteiger partial charge in [-0.2, -0.15) is 0 Å². The molecule has 4 heteroatoms. The van der Waals surface area contributed by atoms with Gasteiger partial charge in [0, 0.05) is 18.6 Å². The molecule has 0 saturated carbocycles. The fourth-order valence-electron chi connectivity index (χ4n) is 7.52. The van der Waals surface area contributed by atoms with Crippen LogP contribution in [0.15, 0.2) is 0 Å². The number of aliphatic hydroxyl groups is 2. The fourth-order valence-corrected chi connectivity index (χ4v) is 7.52. The summed E-state index contributed by atoms with van der Waals surface area (Å²) in [5, 5.41) is 26.1. The summed E-state index contributed by atoms with van der Waals surface area (Å²) in [6, 6.07) is 0. The van der Waals surface area contributed by atoms with Gasteiger partial charge < -0.3 is 20.8 Å². The highest BCUT2D eigenvalue weighted by molar-refractivity contribution is 4.89. The maximum atomic E-state index is 9.65. The Kier molecular flexibility index (Phi) is 40.1. The maximum Gasteiger partial charge on any atom is 0.0556 e. The van der Waals surface area contributed by atoms with Crippen molar-refractivity contribution in [3.8, 4) is 0 Å². The molecule has 0 atom stereocenters. The highest BCUT2D eigenvalue weighted by Gasteiger charge is 2.27. The molecule has 0 saturated heterocycles. The SMILES string of the molecule is CCCCCCCCCCCCCCCCCCC(CCCCCCCCCCCCCCCCCC)(CCNCCO)NCCO. The van der Waals surface area contributed by atoms with E-state index in [4.69, 9.17) is 0 Å². The van der Waals surface area contributed by atoms with Crippen molar-refractivity contribution >= 4 is 0 Å². The molecule has 0 aliphatic heterocycles. The molecule has 47 heavy (non-hydrogen) atoms. The number of hydrogen-bond donors (Lipinski definition) is 4. The van der Waals surface area contributed by atoms with Crippen molar-refractivity contribution in [1.82, 2.24) is 10.6 Å². The van der Waals surface area contributed by atoms with Crippen LogP contribution in [0.3, 0.4) is 0 Å². The average Bonchev–Trinajstić information content (AvgIpc) is 3.08. The fraction of sp³-hybridized carbons (Fsp3) is 1.00. The zero-order valence-corrected chi connectivity index (χ0v) is 32.7. The Balaban J connectivity index is 4.08. The Bertz CT molecular complexity index is 522. The summed E-state index contributed by atoms with van der Waals surface area (Å²) in [5.41, 5.74) is 0.122. The number of β-amino-alcohol motifs (C(OH)–C–C–N with tert-alkyl or cyclic N) is 1. The Hall–Kier alpha value is -0.160. The normalized spacial score (nSPS) is 12.0. The molecule has 0 aromatic carbocycles. The van der Waals surface area contributed by atoms with Crippen molar-refractivity contribution in [1.29, 1.82) is 0 Å². The third-order valence-corrected chi connectivity index (χ3v) is 10.7. The lowest BCUT2D eigenvalue weighted by Gasteiger charge is -2.36. The first-order valence-electron chi connectivity index (χ1n) is 21.9. The van der Waals surface area contributed by atoms with Crippen LogP contribution in [0.25, 0.3) is 0 Å². The van der Waals surface area contributed by atoms with E-state index in [1.807, 2.05) is 0 Å². The van der Waals surface area contributed by atoms with Gasteiger partial charge in [0.1, 0.15) is 0 Å². The van der Waals surface area contributed by atoms with E-state index in [9.17, 15) is 10.2 Å². The van der Waals surface area contributed by atoms with Crippen molar-refractivity contribution < 1.29 is 10.2 Å². The third-order valence-electron chi connectivity index (χ3n) is 10.7. The summed E-state index contributed by atoms with van der Waals surface area (Å²) in [6.07, 6.45) is 48.7. The highest BCUT2D eigenvalue weighted by atomic mass is 16.3. The van der Waals surface area contributed by atoms with Gasteiger partial charge >= 0.3 is 0 Å². The topological polar surface area (TPSA) is 64.5 Å². The Labute approximate surface area is 297 Å². The summed E-state index contributed by atoms with van der Waals surface area (Å²) in [6.45, 7) is 7.32. The van der Waals surface area contributed by atoms with Crippen molar-refractivity contribution in [3.05, 3.63) is 0 Å². The molecule has 4 N–H and O–H groups in total. The molecular formula is C43H90N2O2. The second-order valence-corrected chi connectivity index (χ2v) is 15.3. The lowest BCUT2D eigenvalue weighted by atomic mass is 9.83. The first-order chi connectivity index (χ1) is 23.2. The summed E-state index contributed by atoms with van der Waals surface area (Å²) in [7, 11) is 0. The number of nitrogens with one attached hydrogen (secondary N) is 2. The van der Waals surface area contributed by atoms with Crippen molar-refractivity contribution in [2.75, 3.05) is 32.8 Å². The first-order valence-corrected chi connectivity index (χ1v) is 21.9. The maximum absolute atomic E-state index is 9.65. The molecule has 0 unspecified atom stereocenters. The standard InChI is InChI=1S/C43H90N2O2/c1-3-5-7-9-11-13-15-17-19-21-23-25-27-29-31-33-35-43(45-40-42-47,37-38-44-39-41-46)36-34-32-30-28-26-24-22-20-18-16-14-12-10-8-6-4-2/h44-47H,3-42H2,1-2H3. The molecule has 4 nitrogen and oxygen atoms in total. The lowest BCUT2D eigenvalue weighted by Crippen LogP contribution is -2.48. The molecule has 0 spiro atoms. The zero-order valence-electron chi connectivity index (χ0n) is 32.7. The number of rotatable bonds is 42. The molecule has 0 amide bonds. The van der Waals surface area contributed by atoms with Gasteiger partial charge in [-0.25, -0.2) is 0 Å². The largest absolute Gasteiger partial charge is 0.395 e. The minimum absolute atomic E-state index is 0.122. The van der Waals surface area contributed by atoms with Crippen LogP contribution in [-0.4, -0.2) is 48.6 Å². The van der Waals surface area contributed by atoms with E-state index in [1.165, 1.54) is 218 Å². The van der Waals surface area contributed by atoms with Gasteiger partial charge in [0.2, 0.25) is 0 Å². The van der Waals surface area contributed by atoms with Crippen molar-refractivity contribution in [2.45, 2.75) is 244 Å². The highest BCUT2D eigenvalue weighted by Crippen LogP contribution is 2.27. The number of aliphatic hydroxyl groups excluding tert-OH is 2. The van der Waals surface area contributed by atoms with E-state index >= 15 is 0 Å². The molecular weight excluding hydrogens is 576 g/mol. The van der Waals surface area contributed by atoms with Gasteiger partial charge in [-0.15, -0.1) is 0 Å². The molecule has 284 valence electrons. The number of hydrogen-bond acceptors (Lipinski definition) is 4. The van der Waals surface area contributed by atoms with Gasteiger partial charge in [0.25, 0.3) is 0 Å². The van der Waals surface area contributed by atoms with E-state index in [2.05, 4.69) is 24.5 Å². The molecule has 0 aromatic heterocycles. The molecule has 0 radical (unpaired) electrons. The van der Waals surface area contributed by atoms with Gasteiger partial charge in [0.15, 0.2) is 0 Å². The third kappa shape index (κ3) is 35.5. The number of unbranched alkanes of at least 4 members (excludes halogenated alkanes) is 30. The summed E-state index contributed by atoms with van der Waals surface area (Å²) in [4.78, 5) is 0. The second-order valence-electron chi connectivity index (χ2n) is 15.3. The molecule has 0 rings (SSSR count). The molecule has 0 aliphatic carbocycles. The van der Waals surface area contributed by atoms with Gasteiger partial charge in [-0.3, -0.25) is 0 Å². The average molecular weight is 667 g/mol. The summed E-state index contributed by atoms with van der Waals surface area (Å²) < 4.78 is 0. The van der Waals surface area contributed by atoms with Crippen LogP contribution < -0.4 is 10.6 Å². The van der Waals surface area contributed by atoms with E-state index in [0.29, 0.717) is 13.1 Å². The van der Waals surface area contributed by atoms with E-state index < -0.39 is 0 Å². The molecule has 0 heterocycles. The van der Waals surface area contributed by atoms with Gasteiger partial charge in [-0.05, 0) is 25.8 Å². The Morgan fingerprint density at radius 3 is 0.872 bits per heavy atom. The molecule has 0 aliphatic rings. The van der Waals surface area contributed by atoms with E-state index in [-0.39, 0.29) is 18.8 Å². The van der Waals surface area contributed by atoms with Crippen LogP contribution in [0.2, 0.25) is 0 Å². The zero-order chi connectivity index (χ0) is 34.2. The Morgan fingerprint density at radius 2 is 0.596 bits per heavy atom. The van der Waals surface area contributed by atoms with Gasteiger partial charge in [-0.1, -0.05) is 219 Å². The van der Waals surface area contributed by atoms with Gasteiger partial charge in [0.05, 0.1) is 13.2 Å². The monoisotopic (exact) mass is 667 g/mol. The van der Waals surface area contributed by atoms with E-state index in [1.54, 1.807) is 0 Å². The summed E-state index contributed by atoms with van der Waals surface area (Å²) in [5.74, 6) is 0. The minimum atomic E-state index is 0.122. The summed E-state index contributed by atoms with van der Waals surface area (Å²) >= 11 is 0. The van der Waals surface area contributed by atoms with Crippen LogP contribution in [0.4, 0.5) is 0 Å². The van der Waals surface area contributed by atoms with Crippen LogP contribution in [0, 0.1) is 0 Å². The molecule has 0 bridgehead atoms. The van der Waals surface area contributed by atoms with Crippen molar-refractivity contribution in [3.63, 3.8) is 0 Å². The van der Waals surface area contributed by atoms with Crippen LogP contribution in [0.1, 0.15) is 239 Å². The van der Waals surface area contributed by atoms with Crippen molar-refractivity contribution in [2.24, 2.45) is 0 Å². The quantitative estimate of drug-likeness (QED) is 0.0490. The Morgan fingerprint density at radius 1 is 0.319 bits per heavy atom. The van der Waals surface area contributed by atoms with E-state index in [0.717, 1.165) is 13.0 Å². The minimum Gasteiger partial charge on any atom is -0.395 e. The first kappa shape index (κ1) is 46.8. The van der Waals surface area contributed by atoms with Crippen LogP contribution in [-0.2, 0) is 0 Å². The second kappa shape index (κ2) is 40.3.